The van der Waals surface area contributed by atoms with Crippen LogP contribution in [0.25, 0.3) is 11.4 Å². The SMILES string of the molecule is COc1ccc(N(CC(=O)NC2CCCC2)C(=O)Cn2nnc(-c3ccc(F)cc3)n2)cc1. The Labute approximate surface area is 190 Å². The van der Waals surface area contributed by atoms with Gasteiger partial charge in [-0.05, 0) is 66.6 Å². The number of aromatic nitrogens is 4. The highest BCUT2D eigenvalue weighted by atomic mass is 19.1. The predicted octanol–water partition coefficient (Wildman–Crippen LogP) is 2.58. The second kappa shape index (κ2) is 10.2. The first-order valence-electron chi connectivity index (χ1n) is 10.8. The Morgan fingerprint density at radius 2 is 1.82 bits per heavy atom. The lowest BCUT2D eigenvalue weighted by molar-refractivity contribution is -0.124. The van der Waals surface area contributed by atoms with E-state index in [9.17, 15) is 14.0 Å². The Balaban J connectivity index is 1.49. The fourth-order valence-electron chi connectivity index (χ4n) is 3.80. The van der Waals surface area contributed by atoms with Crippen molar-refractivity contribution >= 4 is 17.5 Å². The van der Waals surface area contributed by atoms with Crippen molar-refractivity contribution in [2.75, 3.05) is 18.6 Å². The minimum Gasteiger partial charge on any atom is -0.497 e. The lowest BCUT2D eigenvalue weighted by Gasteiger charge is -2.23. The van der Waals surface area contributed by atoms with Gasteiger partial charge in [-0.25, -0.2) is 4.39 Å². The molecule has 1 aromatic heterocycles. The van der Waals surface area contributed by atoms with Gasteiger partial charge in [0.15, 0.2) is 0 Å². The average molecular weight is 452 g/mol. The third kappa shape index (κ3) is 5.71. The molecule has 0 radical (unpaired) electrons. The zero-order valence-electron chi connectivity index (χ0n) is 18.3. The van der Waals surface area contributed by atoms with Crippen LogP contribution in [-0.4, -0.2) is 51.7 Å². The Morgan fingerprint density at radius 1 is 1.12 bits per heavy atom. The first-order chi connectivity index (χ1) is 16.0. The summed E-state index contributed by atoms with van der Waals surface area (Å²) in [6.07, 6.45) is 4.11. The standard InChI is InChI=1S/C23H25FN6O3/c1-33-20-12-10-19(11-13-20)29(14-21(31)25-18-4-2-3-5-18)22(32)15-30-27-23(26-28-30)16-6-8-17(24)9-7-16/h6-13,18H,2-5,14-15H2,1H3,(H,25,31). The minimum atomic E-state index is -0.371. The van der Waals surface area contributed by atoms with Gasteiger partial charge in [0.1, 0.15) is 24.7 Å². The summed E-state index contributed by atoms with van der Waals surface area (Å²) in [6.45, 7) is -0.335. The predicted molar refractivity (Wildman–Crippen MR) is 119 cm³/mol. The number of nitrogens with one attached hydrogen (secondary N) is 1. The van der Waals surface area contributed by atoms with Crippen molar-refractivity contribution in [1.29, 1.82) is 0 Å². The summed E-state index contributed by atoms with van der Waals surface area (Å²) in [5.74, 6) is -0.0389. The van der Waals surface area contributed by atoms with E-state index in [-0.39, 0.29) is 42.6 Å². The van der Waals surface area contributed by atoms with Crippen LogP contribution in [0.5, 0.6) is 5.75 Å². The molecule has 10 heteroatoms. The third-order valence-corrected chi connectivity index (χ3v) is 5.54. The number of nitrogens with zero attached hydrogens (tertiary/aromatic N) is 5. The van der Waals surface area contributed by atoms with Crippen molar-refractivity contribution in [3.8, 4) is 17.1 Å². The van der Waals surface area contributed by atoms with Gasteiger partial charge < -0.3 is 15.0 Å². The van der Waals surface area contributed by atoms with Gasteiger partial charge in [-0.3, -0.25) is 9.59 Å². The van der Waals surface area contributed by atoms with Gasteiger partial charge in [-0.1, -0.05) is 12.8 Å². The molecule has 172 valence electrons. The molecule has 0 atom stereocenters. The van der Waals surface area contributed by atoms with Crippen LogP contribution >= 0.6 is 0 Å². The summed E-state index contributed by atoms with van der Waals surface area (Å²) in [7, 11) is 1.56. The van der Waals surface area contributed by atoms with E-state index >= 15 is 0 Å². The first kappa shape index (κ1) is 22.4. The van der Waals surface area contributed by atoms with Crippen molar-refractivity contribution in [2.24, 2.45) is 0 Å². The van der Waals surface area contributed by atoms with E-state index in [1.54, 1.807) is 31.4 Å². The Hall–Kier alpha value is -3.82. The van der Waals surface area contributed by atoms with Gasteiger partial charge in [0.25, 0.3) is 5.91 Å². The molecule has 33 heavy (non-hydrogen) atoms. The normalized spacial score (nSPS) is 13.6. The molecule has 3 aromatic rings. The number of ether oxygens (including phenoxy) is 1. The summed E-state index contributed by atoms with van der Waals surface area (Å²) < 4.78 is 18.3. The van der Waals surface area contributed by atoms with Crippen LogP contribution in [0.2, 0.25) is 0 Å². The summed E-state index contributed by atoms with van der Waals surface area (Å²) in [5, 5.41) is 15.1. The molecular weight excluding hydrogens is 427 g/mol. The van der Waals surface area contributed by atoms with E-state index in [2.05, 4.69) is 20.7 Å². The van der Waals surface area contributed by atoms with Gasteiger partial charge in [-0.15, -0.1) is 10.2 Å². The fraction of sp³-hybridized carbons (Fsp3) is 0.348. The summed E-state index contributed by atoms with van der Waals surface area (Å²) >= 11 is 0. The number of anilines is 1. The topological polar surface area (TPSA) is 102 Å². The molecule has 1 fully saturated rings. The van der Waals surface area contributed by atoms with E-state index in [1.807, 2.05) is 0 Å². The molecule has 1 aliphatic carbocycles. The lowest BCUT2D eigenvalue weighted by atomic mass is 10.2. The highest BCUT2D eigenvalue weighted by Crippen LogP contribution is 2.21. The van der Waals surface area contributed by atoms with Crippen molar-refractivity contribution in [3.05, 3.63) is 54.3 Å². The lowest BCUT2D eigenvalue weighted by Crippen LogP contribution is -2.44. The van der Waals surface area contributed by atoms with Crippen molar-refractivity contribution in [3.63, 3.8) is 0 Å². The number of hydrogen-bond acceptors (Lipinski definition) is 6. The molecule has 1 N–H and O–H groups in total. The molecule has 0 unspecified atom stereocenters. The van der Waals surface area contributed by atoms with Crippen LogP contribution in [0, 0.1) is 5.82 Å². The smallest absolute Gasteiger partial charge is 0.251 e. The highest BCUT2D eigenvalue weighted by molar-refractivity contribution is 5.98. The molecule has 0 bridgehead atoms. The van der Waals surface area contributed by atoms with Gasteiger partial charge in [0, 0.05) is 17.3 Å². The Morgan fingerprint density at radius 3 is 2.48 bits per heavy atom. The maximum Gasteiger partial charge on any atom is 0.251 e. The average Bonchev–Trinajstić information content (AvgIpc) is 3.50. The molecule has 1 aliphatic rings. The quantitative estimate of drug-likeness (QED) is 0.564. The van der Waals surface area contributed by atoms with E-state index in [4.69, 9.17) is 4.74 Å². The van der Waals surface area contributed by atoms with Crippen molar-refractivity contribution in [2.45, 2.75) is 38.3 Å². The Bertz CT molecular complexity index is 1090. The van der Waals surface area contributed by atoms with Crippen molar-refractivity contribution in [1.82, 2.24) is 25.5 Å². The second-order valence-electron chi connectivity index (χ2n) is 7.88. The fourth-order valence-corrected chi connectivity index (χ4v) is 3.80. The first-order valence-corrected chi connectivity index (χ1v) is 10.8. The molecule has 1 heterocycles. The number of hydrogen-bond donors (Lipinski definition) is 1. The number of amides is 2. The number of methoxy groups -OCH3 is 1. The van der Waals surface area contributed by atoms with Crippen LogP contribution in [0.3, 0.4) is 0 Å². The molecule has 1 saturated carbocycles. The number of tetrazole rings is 1. The summed E-state index contributed by atoms with van der Waals surface area (Å²) in [5.41, 5.74) is 1.14. The number of halogens is 1. The third-order valence-electron chi connectivity index (χ3n) is 5.54. The largest absolute Gasteiger partial charge is 0.497 e. The van der Waals surface area contributed by atoms with Crippen LogP contribution < -0.4 is 15.0 Å². The van der Waals surface area contributed by atoms with Crippen LogP contribution in [0.1, 0.15) is 25.7 Å². The van der Waals surface area contributed by atoms with E-state index < -0.39 is 0 Å². The number of carbonyl (C=O) groups is 2. The molecule has 0 saturated heterocycles. The van der Waals surface area contributed by atoms with Gasteiger partial charge in [0.05, 0.1) is 7.11 Å². The molecule has 0 spiro atoms. The molecule has 0 aliphatic heterocycles. The van der Waals surface area contributed by atoms with Crippen LogP contribution in [0.4, 0.5) is 10.1 Å². The number of carbonyl (C=O) groups excluding carboxylic acids is 2. The molecule has 9 nitrogen and oxygen atoms in total. The molecule has 2 aromatic carbocycles. The summed E-state index contributed by atoms with van der Waals surface area (Å²) in [6, 6.07) is 12.7. The molecule has 4 rings (SSSR count). The van der Waals surface area contributed by atoms with Crippen LogP contribution in [0.15, 0.2) is 48.5 Å². The van der Waals surface area contributed by atoms with Gasteiger partial charge in [0.2, 0.25) is 11.7 Å². The maximum atomic E-state index is 13.2. The van der Waals surface area contributed by atoms with Gasteiger partial charge in [-0.2, -0.15) is 4.80 Å². The Kier molecular flexibility index (Phi) is 6.92. The zero-order valence-corrected chi connectivity index (χ0v) is 18.3. The van der Waals surface area contributed by atoms with E-state index in [1.165, 1.54) is 29.2 Å². The number of benzene rings is 2. The maximum absolute atomic E-state index is 13.2. The van der Waals surface area contributed by atoms with Gasteiger partial charge >= 0.3 is 0 Å². The second-order valence-corrected chi connectivity index (χ2v) is 7.88. The van der Waals surface area contributed by atoms with Crippen LogP contribution in [-0.2, 0) is 16.1 Å². The van der Waals surface area contributed by atoms with E-state index in [0.717, 1.165) is 30.5 Å². The summed E-state index contributed by atoms with van der Waals surface area (Å²) in [4.78, 5) is 28.4. The minimum absolute atomic E-state index is 0.124. The number of rotatable bonds is 8. The monoisotopic (exact) mass is 452 g/mol. The highest BCUT2D eigenvalue weighted by Gasteiger charge is 2.23. The van der Waals surface area contributed by atoms with E-state index in [0.29, 0.717) is 17.0 Å². The molecular formula is C23H25FN6O3. The molecule has 2 amide bonds. The van der Waals surface area contributed by atoms with Crippen molar-refractivity contribution < 1.29 is 18.7 Å². The zero-order chi connectivity index (χ0) is 23.2.